The summed E-state index contributed by atoms with van der Waals surface area (Å²) in [4.78, 5) is 17.6. The van der Waals surface area contributed by atoms with Crippen LogP contribution in [0.2, 0.25) is 0 Å². The van der Waals surface area contributed by atoms with Gasteiger partial charge in [-0.15, -0.1) is 10.2 Å². The quantitative estimate of drug-likeness (QED) is 0.543. The number of aryl methyl sites for hydroxylation is 1. The molecule has 3 aliphatic rings. The highest BCUT2D eigenvalue weighted by Gasteiger charge is 2.26. The summed E-state index contributed by atoms with van der Waals surface area (Å²) >= 11 is 1.46. The molecule has 3 fully saturated rings. The van der Waals surface area contributed by atoms with Gasteiger partial charge < -0.3 is 19.9 Å². The molecule has 0 bridgehead atoms. The average Bonchev–Trinajstić information content (AvgIpc) is 3.63. The zero-order valence-electron chi connectivity index (χ0n) is 21.0. The van der Waals surface area contributed by atoms with Gasteiger partial charge in [0.05, 0.1) is 18.4 Å². The molecule has 1 aromatic heterocycles. The monoisotopic (exact) mass is 498 g/mol. The molecule has 3 saturated heterocycles. The van der Waals surface area contributed by atoms with Crippen LogP contribution in [0.15, 0.2) is 23.4 Å². The van der Waals surface area contributed by atoms with Gasteiger partial charge in [0.2, 0.25) is 11.9 Å². The smallest absolute Gasteiger partial charge is 0.234 e. The van der Waals surface area contributed by atoms with Crippen LogP contribution in [-0.2, 0) is 16.1 Å². The van der Waals surface area contributed by atoms with Crippen molar-refractivity contribution in [2.75, 3.05) is 53.7 Å². The van der Waals surface area contributed by atoms with Gasteiger partial charge in [0, 0.05) is 44.2 Å². The summed E-state index contributed by atoms with van der Waals surface area (Å²) in [5.74, 6) is 1.95. The van der Waals surface area contributed by atoms with Crippen molar-refractivity contribution >= 4 is 35.0 Å². The van der Waals surface area contributed by atoms with E-state index in [4.69, 9.17) is 4.74 Å². The summed E-state index contributed by atoms with van der Waals surface area (Å²) in [6.07, 6.45) is 7.21. The Morgan fingerprint density at radius 2 is 1.89 bits per heavy atom. The summed E-state index contributed by atoms with van der Waals surface area (Å²) < 4.78 is 8.10. The molecule has 3 aliphatic heterocycles. The van der Waals surface area contributed by atoms with E-state index in [-0.39, 0.29) is 12.0 Å². The van der Waals surface area contributed by atoms with E-state index >= 15 is 0 Å². The van der Waals surface area contributed by atoms with Crippen LogP contribution in [-0.4, -0.2) is 65.3 Å². The van der Waals surface area contributed by atoms with Crippen molar-refractivity contribution in [3.63, 3.8) is 0 Å². The fourth-order valence-electron chi connectivity index (χ4n) is 5.26. The maximum absolute atomic E-state index is 12.8. The van der Waals surface area contributed by atoms with Gasteiger partial charge >= 0.3 is 0 Å². The van der Waals surface area contributed by atoms with Crippen molar-refractivity contribution in [3.8, 4) is 0 Å². The predicted molar refractivity (Wildman–Crippen MR) is 142 cm³/mol. The van der Waals surface area contributed by atoms with E-state index in [1.54, 1.807) is 0 Å². The van der Waals surface area contributed by atoms with Crippen molar-refractivity contribution in [2.45, 2.75) is 70.2 Å². The molecule has 0 saturated carbocycles. The van der Waals surface area contributed by atoms with Gasteiger partial charge in [0.15, 0.2) is 5.16 Å². The first kappa shape index (κ1) is 24.4. The van der Waals surface area contributed by atoms with Crippen LogP contribution in [0.3, 0.4) is 0 Å². The number of carbonyl (C=O) groups is 1. The Balaban J connectivity index is 1.23. The average molecular weight is 499 g/mol. The number of carbonyl (C=O) groups excluding carboxylic acids is 1. The molecular weight excluding hydrogens is 460 g/mol. The van der Waals surface area contributed by atoms with Crippen LogP contribution in [0.1, 0.15) is 51.0 Å². The van der Waals surface area contributed by atoms with E-state index in [2.05, 4.69) is 55.9 Å². The molecule has 1 atom stereocenters. The number of nitrogens with one attached hydrogen (secondary N) is 1. The number of aromatic nitrogens is 3. The molecular formula is C26H38N6O2S. The lowest BCUT2D eigenvalue weighted by molar-refractivity contribution is -0.113. The third-order valence-corrected chi connectivity index (χ3v) is 8.43. The highest BCUT2D eigenvalue weighted by Crippen LogP contribution is 2.29. The minimum Gasteiger partial charge on any atom is -0.376 e. The topological polar surface area (TPSA) is 75.5 Å². The second-order valence-corrected chi connectivity index (χ2v) is 11.2. The molecule has 0 aliphatic carbocycles. The molecule has 190 valence electrons. The third-order valence-electron chi connectivity index (χ3n) is 7.46. The Bertz CT molecular complexity index is 1010. The van der Waals surface area contributed by atoms with Gasteiger partial charge in [-0.2, -0.15) is 0 Å². The van der Waals surface area contributed by atoms with Gasteiger partial charge in [0.1, 0.15) is 0 Å². The second kappa shape index (κ2) is 11.2. The Hall–Kier alpha value is -2.26. The number of thioether (sulfide) groups is 1. The van der Waals surface area contributed by atoms with Crippen molar-refractivity contribution in [1.82, 2.24) is 14.8 Å². The molecule has 1 N–H and O–H groups in total. The van der Waals surface area contributed by atoms with Crippen LogP contribution >= 0.6 is 11.8 Å². The highest BCUT2D eigenvalue weighted by molar-refractivity contribution is 7.99. The molecule has 1 aromatic carbocycles. The van der Waals surface area contributed by atoms with Crippen LogP contribution in [0.4, 0.5) is 17.3 Å². The van der Waals surface area contributed by atoms with E-state index in [9.17, 15) is 4.79 Å². The second-order valence-electron chi connectivity index (χ2n) is 10.2. The van der Waals surface area contributed by atoms with E-state index in [1.165, 1.54) is 43.1 Å². The summed E-state index contributed by atoms with van der Waals surface area (Å²) in [5.41, 5.74) is 3.22. The Kier molecular flexibility index (Phi) is 7.82. The number of nitrogens with zero attached hydrogens (tertiary/aromatic N) is 5. The van der Waals surface area contributed by atoms with Gasteiger partial charge in [-0.25, -0.2) is 0 Å². The molecule has 5 rings (SSSR count). The lowest BCUT2D eigenvalue weighted by atomic mass is 10.00. The number of benzene rings is 1. The molecule has 1 amide bonds. The molecule has 9 heteroatoms. The van der Waals surface area contributed by atoms with Crippen molar-refractivity contribution < 1.29 is 9.53 Å². The number of anilines is 3. The number of piperidine rings is 1. The third kappa shape index (κ3) is 5.94. The number of amides is 1. The zero-order chi connectivity index (χ0) is 24.2. The minimum atomic E-state index is -0.0213. The molecule has 35 heavy (non-hydrogen) atoms. The SMILES string of the molecule is Cc1cc(N2CCCC2)ccc1NC(=O)CSc1nnc(N2CCC(C)CC2)n1CC1CCCO1. The molecule has 2 aromatic rings. The molecule has 4 heterocycles. The largest absolute Gasteiger partial charge is 0.376 e. The lowest BCUT2D eigenvalue weighted by Crippen LogP contribution is -2.35. The number of hydrogen-bond donors (Lipinski definition) is 1. The number of ether oxygens (including phenoxy) is 1. The number of rotatable bonds is 8. The maximum Gasteiger partial charge on any atom is 0.234 e. The minimum absolute atomic E-state index is 0.0213. The zero-order valence-corrected chi connectivity index (χ0v) is 21.9. The van der Waals surface area contributed by atoms with Crippen LogP contribution in [0.5, 0.6) is 0 Å². The fraction of sp³-hybridized carbons (Fsp3) is 0.654. The van der Waals surface area contributed by atoms with E-state index in [0.29, 0.717) is 5.75 Å². The summed E-state index contributed by atoms with van der Waals surface area (Å²) in [7, 11) is 0. The highest BCUT2D eigenvalue weighted by atomic mass is 32.2. The van der Waals surface area contributed by atoms with Gasteiger partial charge in [-0.1, -0.05) is 18.7 Å². The van der Waals surface area contributed by atoms with Gasteiger partial charge in [-0.05, 0) is 75.1 Å². The van der Waals surface area contributed by atoms with Crippen LogP contribution in [0.25, 0.3) is 0 Å². The Morgan fingerprint density at radius 3 is 2.60 bits per heavy atom. The normalized spacial score (nSPS) is 21.1. The molecule has 0 spiro atoms. The molecule has 0 radical (unpaired) electrons. The first-order valence-corrected chi connectivity index (χ1v) is 14.1. The lowest BCUT2D eigenvalue weighted by Gasteiger charge is -2.31. The maximum atomic E-state index is 12.8. The Morgan fingerprint density at radius 1 is 1.09 bits per heavy atom. The Labute approximate surface area is 212 Å². The fourth-order valence-corrected chi connectivity index (χ4v) is 6.00. The summed E-state index contributed by atoms with van der Waals surface area (Å²) in [6, 6.07) is 6.32. The first-order valence-electron chi connectivity index (χ1n) is 13.1. The predicted octanol–water partition coefficient (Wildman–Crippen LogP) is 4.33. The van der Waals surface area contributed by atoms with Crippen molar-refractivity contribution in [2.24, 2.45) is 5.92 Å². The van der Waals surface area contributed by atoms with Crippen LogP contribution in [0, 0.1) is 12.8 Å². The van der Waals surface area contributed by atoms with Crippen LogP contribution < -0.4 is 15.1 Å². The summed E-state index contributed by atoms with van der Waals surface area (Å²) in [5, 5.41) is 12.9. The standard InChI is InChI=1S/C26H38N6O2S/c1-19-9-13-31(14-10-19)25-28-29-26(32(25)17-22-6-5-15-34-22)35-18-24(33)27-23-8-7-21(16-20(23)2)30-11-3-4-12-30/h7-8,16,19,22H,3-6,9-15,17-18H2,1-2H3,(H,27,33). The molecule has 8 nitrogen and oxygen atoms in total. The van der Waals surface area contributed by atoms with Gasteiger partial charge in [-0.3, -0.25) is 9.36 Å². The molecule has 1 unspecified atom stereocenters. The van der Waals surface area contributed by atoms with Crippen molar-refractivity contribution in [1.29, 1.82) is 0 Å². The summed E-state index contributed by atoms with van der Waals surface area (Å²) in [6.45, 7) is 10.2. The first-order chi connectivity index (χ1) is 17.1. The van der Waals surface area contributed by atoms with Gasteiger partial charge in [0.25, 0.3) is 0 Å². The van der Waals surface area contributed by atoms with E-state index < -0.39 is 0 Å². The van der Waals surface area contributed by atoms with E-state index in [1.807, 2.05) is 6.07 Å². The van der Waals surface area contributed by atoms with Crippen molar-refractivity contribution in [3.05, 3.63) is 23.8 Å². The van der Waals surface area contributed by atoms with E-state index in [0.717, 1.165) is 80.4 Å². The number of hydrogen-bond acceptors (Lipinski definition) is 7.